The Morgan fingerprint density at radius 3 is 2.36 bits per heavy atom. The average Bonchev–Trinajstić information content (AvgIpc) is 2.83. The molecule has 1 aromatic carbocycles. The van der Waals surface area contributed by atoms with Crippen LogP contribution in [-0.4, -0.2) is 12.1 Å². The summed E-state index contributed by atoms with van der Waals surface area (Å²) >= 11 is 0. The lowest BCUT2D eigenvalue weighted by Gasteiger charge is -2.14. The van der Waals surface area contributed by atoms with Gasteiger partial charge in [-0.25, -0.2) is 0 Å². The maximum absolute atomic E-state index is 5.97. The number of nitrogens with two attached hydrogens (primary N) is 1. The quantitative estimate of drug-likeness (QED) is 0.794. The zero-order valence-electron chi connectivity index (χ0n) is 8.84. The summed E-state index contributed by atoms with van der Waals surface area (Å²) < 4.78 is 5.77. The van der Waals surface area contributed by atoms with E-state index in [1.807, 2.05) is 6.07 Å². The normalized spacial score (nSPS) is 17.9. The van der Waals surface area contributed by atoms with Gasteiger partial charge in [0, 0.05) is 0 Å². The van der Waals surface area contributed by atoms with Crippen molar-refractivity contribution in [3.8, 4) is 5.75 Å². The fourth-order valence-corrected chi connectivity index (χ4v) is 1.55. The molecule has 1 fully saturated rings. The Kier molecular flexibility index (Phi) is 2.23. The van der Waals surface area contributed by atoms with E-state index in [2.05, 4.69) is 26.0 Å². The first kappa shape index (κ1) is 9.53. The van der Waals surface area contributed by atoms with Crippen LogP contribution in [0.4, 0.5) is 0 Å². The lowest BCUT2D eigenvalue weighted by atomic mass is 10.1. The molecule has 1 aromatic rings. The predicted molar refractivity (Wildman–Crippen MR) is 57.6 cm³/mol. The molecule has 0 aliphatic heterocycles. The van der Waals surface area contributed by atoms with Crippen LogP contribution in [0.1, 0.15) is 24.0 Å². The monoisotopic (exact) mass is 191 g/mol. The van der Waals surface area contributed by atoms with Gasteiger partial charge in [-0.1, -0.05) is 18.2 Å². The van der Waals surface area contributed by atoms with Crippen molar-refractivity contribution < 1.29 is 4.74 Å². The lowest BCUT2D eigenvalue weighted by Crippen LogP contribution is -2.30. The minimum Gasteiger partial charge on any atom is -0.491 e. The molecule has 2 N–H and O–H groups in total. The van der Waals surface area contributed by atoms with Crippen LogP contribution < -0.4 is 10.5 Å². The summed E-state index contributed by atoms with van der Waals surface area (Å²) in [6.45, 7) is 4.79. The summed E-state index contributed by atoms with van der Waals surface area (Å²) in [5.74, 6) is 1.00. The molecule has 0 bridgehead atoms. The first-order valence-corrected chi connectivity index (χ1v) is 5.09. The predicted octanol–water partition coefficient (Wildman–Crippen LogP) is 2.17. The van der Waals surface area contributed by atoms with Crippen molar-refractivity contribution in [3.63, 3.8) is 0 Å². The molecule has 0 spiro atoms. The SMILES string of the molecule is Cc1cccc(C)c1OCC1(N)CC1. The third-order valence-corrected chi connectivity index (χ3v) is 2.80. The van der Waals surface area contributed by atoms with Gasteiger partial charge < -0.3 is 10.5 Å². The van der Waals surface area contributed by atoms with Crippen LogP contribution in [-0.2, 0) is 0 Å². The average molecular weight is 191 g/mol. The molecule has 0 atom stereocenters. The number of aryl methyl sites for hydroxylation is 2. The molecule has 0 amide bonds. The zero-order valence-corrected chi connectivity index (χ0v) is 8.84. The molecular weight excluding hydrogens is 174 g/mol. The second kappa shape index (κ2) is 3.28. The molecule has 0 aromatic heterocycles. The Morgan fingerprint density at radius 2 is 1.86 bits per heavy atom. The highest BCUT2D eigenvalue weighted by atomic mass is 16.5. The van der Waals surface area contributed by atoms with E-state index >= 15 is 0 Å². The first-order valence-electron chi connectivity index (χ1n) is 5.09. The molecule has 1 aliphatic carbocycles. The summed E-state index contributed by atoms with van der Waals surface area (Å²) in [7, 11) is 0. The molecule has 2 nitrogen and oxygen atoms in total. The summed E-state index contributed by atoms with van der Waals surface area (Å²) in [5.41, 5.74) is 8.31. The van der Waals surface area contributed by atoms with Crippen LogP contribution in [0, 0.1) is 13.8 Å². The highest BCUT2D eigenvalue weighted by Crippen LogP contribution is 2.33. The number of benzene rings is 1. The highest BCUT2D eigenvalue weighted by Gasteiger charge is 2.39. The molecule has 2 heteroatoms. The van der Waals surface area contributed by atoms with Gasteiger partial charge in [-0.05, 0) is 37.8 Å². The van der Waals surface area contributed by atoms with Crippen LogP contribution in [0.3, 0.4) is 0 Å². The van der Waals surface area contributed by atoms with E-state index in [1.54, 1.807) is 0 Å². The Labute approximate surface area is 85.1 Å². The second-order valence-corrected chi connectivity index (χ2v) is 4.37. The van der Waals surface area contributed by atoms with Gasteiger partial charge in [0.25, 0.3) is 0 Å². The van der Waals surface area contributed by atoms with Gasteiger partial charge in [0.2, 0.25) is 0 Å². The van der Waals surface area contributed by atoms with Gasteiger partial charge in [0.15, 0.2) is 0 Å². The molecule has 0 unspecified atom stereocenters. The Bertz CT molecular complexity index is 322. The second-order valence-electron chi connectivity index (χ2n) is 4.37. The van der Waals surface area contributed by atoms with Crippen molar-refractivity contribution in [1.29, 1.82) is 0 Å². The number of para-hydroxylation sites is 1. The molecule has 0 radical (unpaired) electrons. The van der Waals surface area contributed by atoms with E-state index in [0.29, 0.717) is 6.61 Å². The molecule has 0 heterocycles. The number of hydrogen-bond acceptors (Lipinski definition) is 2. The Balaban J connectivity index is 2.08. The maximum atomic E-state index is 5.97. The van der Waals surface area contributed by atoms with Crippen LogP contribution in [0.5, 0.6) is 5.75 Å². The molecule has 1 aliphatic rings. The van der Waals surface area contributed by atoms with Crippen molar-refractivity contribution in [1.82, 2.24) is 0 Å². The third kappa shape index (κ3) is 1.90. The largest absolute Gasteiger partial charge is 0.491 e. The topological polar surface area (TPSA) is 35.2 Å². The summed E-state index contributed by atoms with van der Waals surface area (Å²) in [6, 6.07) is 6.18. The highest BCUT2D eigenvalue weighted by molar-refractivity contribution is 5.39. The van der Waals surface area contributed by atoms with Gasteiger partial charge in [-0.15, -0.1) is 0 Å². The van der Waals surface area contributed by atoms with E-state index in [4.69, 9.17) is 10.5 Å². The number of ether oxygens (including phenoxy) is 1. The van der Waals surface area contributed by atoms with Crippen molar-refractivity contribution in [2.24, 2.45) is 5.73 Å². The zero-order chi connectivity index (χ0) is 10.2. The van der Waals surface area contributed by atoms with Gasteiger partial charge in [0.05, 0.1) is 5.54 Å². The number of rotatable bonds is 3. The fourth-order valence-electron chi connectivity index (χ4n) is 1.55. The van der Waals surface area contributed by atoms with E-state index in [0.717, 1.165) is 18.6 Å². The Morgan fingerprint density at radius 1 is 1.29 bits per heavy atom. The van der Waals surface area contributed by atoms with Gasteiger partial charge in [0.1, 0.15) is 12.4 Å². The summed E-state index contributed by atoms with van der Waals surface area (Å²) in [5, 5.41) is 0. The molecule has 2 rings (SSSR count). The van der Waals surface area contributed by atoms with Crippen LogP contribution in [0.2, 0.25) is 0 Å². The Hall–Kier alpha value is -1.02. The van der Waals surface area contributed by atoms with Crippen molar-refractivity contribution in [3.05, 3.63) is 29.3 Å². The van der Waals surface area contributed by atoms with E-state index < -0.39 is 0 Å². The van der Waals surface area contributed by atoms with Gasteiger partial charge in [-0.3, -0.25) is 0 Å². The van der Waals surface area contributed by atoms with Crippen molar-refractivity contribution in [2.75, 3.05) is 6.61 Å². The van der Waals surface area contributed by atoms with Crippen LogP contribution >= 0.6 is 0 Å². The van der Waals surface area contributed by atoms with E-state index in [1.165, 1.54) is 11.1 Å². The summed E-state index contributed by atoms with van der Waals surface area (Å²) in [4.78, 5) is 0. The first-order chi connectivity index (χ1) is 6.61. The van der Waals surface area contributed by atoms with E-state index in [-0.39, 0.29) is 5.54 Å². The van der Waals surface area contributed by atoms with E-state index in [9.17, 15) is 0 Å². The van der Waals surface area contributed by atoms with Crippen LogP contribution in [0.15, 0.2) is 18.2 Å². The molecule has 1 saturated carbocycles. The van der Waals surface area contributed by atoms with Crippen LogP contribution in [0.25, 0.3) is 0 Å². The molecule has 0 saturated heterocycles. The third-order valence-electron chi connectivity index (χ3n) is 2.80. The smallest absolute Gasteiger partial charge is 0.125 e. The van der Waals surface area contributed by atoms with Gasteiger partial charge in [-0.2, -0.15) is 0 Å². The van der Waals surface area contributed by atoms with Crippen molar-refractivity contribution in [2.45, 2.75) is 32.2 Å². The maximum Gasteiger partial charge on any atom is 0.125 e. The van der Waals surface area contributed by atoms with Gasteiger partial charge >= 0.3 is 0 Å². The molecule has 14 heavy (non-hydrogen) atoms. The number of hydrogen-bond donors (Lipinski definition) is 1. The minimum atomic E-state index is -0.0330. The fraction of sp³-hybridized carbons (Fsp3) is 0.500. The molecule has 76 valence electrons. The lowest BCUT2D eigenvalue weighted by molar-refractivity contribution is 0.276. The standard InChI is InChI=1S/C12H17NO/c1-9-4-3-5-10(2)11(9)14-8-12(13)6-7-12/h3-5H,6-8,13H2,1-2H3. The summed E-state index contributed by atoms with van der Waals surface area (Å²) in [6.07, 6.45) is 2.19. The minimum absolute atomic E-state index is 0.0330. The van der Waals surface area contributed by atoms with Crippen molar-refractivity contribution >= 4 is 0 Å². The molecular formula is C12H17NO.